The molecule has 19 heavy (non-hydrogen) atoms. The van der Waals surface area contributed by atoms with Gasteiger partial charge in [0.25, 0.3) is 0 Å². The fourth-order valence-electron chi connectivity index (χ4n) is 2.14. The molecule has 0 amide bonds. The van der Waals surface area contributed by atoms with Crippen LogP contribution < -0.4 is 5.32 Å². The van der Waals surface area contributed by atoms with E-state index in [2.05, 4.69) is 32.2 Å². The molecule has 0 radical (unpaired) electrons. The van der Waals surface area contributed by atoms with Gasteiger partial charge in [0.15, 0.2) is 0 Å². The van der Waals surface area contributed by atoms with E-state index in [1.165, 1.54) is 34.6 Å². The second kappa shape index (κ2) is 7.41. The van der Waals surface area contributed by atoms with Crippen LogP contribution in [0.15, 0.2) is 6.07 Å². The zero-order valence-electron chi connectivity index (χ0n) is 12.5. The van der Waals surface area contributed by atoms with Gasteiger partial charge >= 0.3 is 0 Å². The fraction of sp³-hybridized carbons (Fsp3) is 0.750. The zero-order valence-corrected chi connectivity index (χ0v) is 13.3. The van der Waals surface area contributed by atoms with Gasteiger partial charge in [-0.15, -0.1) is 11.3 Å². The van der Waals surface area contributed by atoms with Crippen molar-refractivity contribution in [2.45, 2.75) is 53.2 Å². The van der Waals surface area contributed by atoms with Gasteiger partial charge in [-0.1, -0.05) is 26.7 Å². The topological polar surface area (TPSA) is 21.3 Å². The lowest BCUT2D eigenvalue weighted by Gasteiger charge is -2.05. The van der Waals surface area contributed by atoms with Gasteiger partial charge in [0.05, 0.1) is 6.61 Å². The van der Waals surface area contributed by atoms with Crippen molar-refractivity contribution in [3.63, 3.8) is 0 Å². The summed E-state index contributed by atoms with van der Waals surface area (Å²) < 4.78 is 5.79. The highest BCUT2D eigenvalue weighted by Crippen LogP contribution is 2.32. The first kappa shape index (κ1) is 15.0. The molecule has 2 rings (SSSR count). The van der Waals surface area contributed by atoms with Crippen LogP contribution in [0, 0.1) is 18.8 Å². The smallest absolute Gasteiger partial charge is 0.0727 e. The molecule has 0 atom stereocenters. The molecule has 0 aliphatic heterocycles. The molecule has 0 spiro atoms. The van der Waals surface area contributed by atoms with E-state index in [4.69, 9.17) is 4.74 Å². The Balaban J connectivity index is 1.68. The third-order valence-electron chi connectivity index (χ3n) is 3.55. The molecule has 3 heteroatoms. The zero-order chi connectivity index (χ0) is 13.7. The first-order valence-corrected chi connectivity index (χ1v) is 8.33. The summed E-state index contributed by atoms with van der Waals surface area (Å²) in [6, 6.07) is 2.31. The van der Waals surface area contributed by atoms with Crippen LogP contribution in [0.2, 0.25) is 0 Å². The molecule has 1 aliphatic rings. The number of hydrogen-bond acceptors (Lipinski definition) is 3. The predicted octanol–water partition coefficient (Wildman–Crippen LogP) is 4.12. The van der Waals surface area contributed by atoms with E-state index >= 15 is 0 Å². The Labute approximate surface area is 121 Å². The van der Waals surface area contributed by atoms with Gasteiger partial charge in [-0.2, -0.15) is 0 Å². The largest absolute Gasteiger partial charge is 0.377 e. The molecule has 1 aromatic heterocycles. The van der Waals surface area contributed by atoms with Crippen LogP contribution in [0.3, 0.4) is 0 Å². The molecule has 0 bridgehead atoms. The Morgan fingerprint density at radius 3 is 2.89 bits per heavy atom. The number of hydrogen-bond donors (Lipinski definition) is 1. The van der Waals surface area contributed by atoms with Crippen molar-refractivity contribution < 1.29 is 4.74 Å². The van der Waals surface area contributed by atoms with Gasteiger partial charge in [-0.25, -0.2) is 0 Å². The van der Waals surface area contributed by atoms with Crippen molar-refractivity contribution in [3.8, 4) is 0 Å². The molecule has 108 valence electrons. The van der Waals surface area contributed by atoms with Crippen molar-refractivity contribution in [1.29, 1.82) is 0 Å². The summed E-state index contributed by atoms with van der Waals surface area (Å²) in [5, 5.41) is 3.50. The predicted molar refractivity (Wildman–Crippen MR) is 82.6 cm³/mol. The third-order valence-corrected chi connectivity index (χ3v) is 4.64. The normalized spacial score (nSPS) is 15.4. The molecule has 0 unspecified atom stereocenters. The molecule has 1 heterocycles. The van der Waals surface area contributed by atoms with Crippen molar-refractivity contribution in [1.82, 2.24) is 5.32 Å². The fourth-order valence-corrected chi connectivity index (χ4v) is 3.16. The lowest BCUT2D eigenvalue weighted by molar-refractivity contribution is 0.115. The van der Waals surface area contributed by atoms with Crippen LogP contribution in [0.5, 0.6) is 0 Å². The molecule has 1 aromatic rings. The highest BCUT2D eigenvalue weighted by molar-refractivity contribution is 7.12. The van der Waals surface area contributed by atoms with Crippen LogP contribution in [0.4, 0.5) is 0 Å². The molecule has 2 nitrogen and oxygen atoms in total. The van der Waals surface area contributed by atoms with Crippen LogP contribution in [0.1, 0.15) is 48.4 Å². The minimum atomic E-state index is 0.714. The second-order valence-corrected chi connectivity index (χ2v) is 7.44. The molecule has 1 aliphatic carbocycles. The highest BCUT2D eigenvalue weighted by Gasteiger charge is 2.20. The molecule has 0 aromatic carbocycles. The van der Waals surface area contributed by atoms with Crippen LogP contribution in [-0.4, -0.2) is 13.2 Å². The van der Waals surface area contributed by atoms with E-state index in [0.29, 0.717) is 5.92 Å². The van der Waals surface area contributed by atoms with Gasteiger partial charge in [0.1, 0.15) is 0 Å². The monoisotopic (exact) mass is 281 g/mol. The van der Waals surface area contributed by atoms with E-state index < -0.39 is 0 Å². The molecule has 1 saturated carbocycles. The average molecular weight is 281 g/mol. The Morgan fingerprint density at radius 1 is 1.42 bits per heavy atom. The van der Waals surface area contributed by atoms with Gasteiger partial charge in [-0.3, -0.25) is 0 Å². The van der Waals surface area contributed by atoms with Crippen LogP contribution in [-0.2, 0) is 17.9 Å². The van der Waals surface area contributed by atoms with E-state index in [1.54, 1.807) is 0 Å². The number of thiophene rings is 1. The maximum absolute atomic E-state index is 5.79. The lowest BCUT2D eigenvalue weighted by Crippen LogP contribution is -2.18. The first-order chi connectivity index (χ1) is 9.15. The number of nitrogens with one attached hydrogen (secondary N) is 1. The summed E-state index contributed by atoms with van der Waals surface area (Å²) in [7, 11) is 0. The number of ether oxygens (including phenoxy) is 1. The van der Waals surface area contributed by atoms with Crippen molar-refractivity contribution in [3.05, 3.63) is 21.4 Å². The van der Waals surface area contributed by atoms with Gasteiger partial charge in [-0.05, 0) is 43.4 Å². The summed E-state index contributed by atoms with van der Waals surface area (Å²) in [6.07, 6.45) is 4.10. The minimum absolute atomic E-state index is 0.714. The Bertz CT molecular complexity index is 382. The van der Waals surface area contributed by atoms with E-state index in [9.17, 15) is 0 Å². The summed E-state index contributed by atoms with van der Waals surface area (Å²) in [6.45, 7) is 10.5. The minimum Gasteiger partial charge on any atom is -0.377 e. The summed E-state index contributed by atoms with van der Waals surface area (Å²) in [5.41, 5.74) is 1.38. The quantitative estimate of drug-likeness (QED) is 0.688. The lowest BCUT2D eigenvalue weighted by atomic mass is 10.2. The molecule has 0 saturated heterocycles. The highest BCUT2D eigenvalue weighted by atomic mass is 32.1. The maximum atomic E-state index is 5.79. The van der Waals surface area contributed by atoms with E-state index in [-0.39, 0.29) is 0 Å². The summed E-state index contributed by atoms with van der Waals surface area (Å²) in [5.74, 6) is 1.69. The summed E-state index contributed by atoms with van der Waals surface area (Å²) >= 11 is 1.90. The third kappa shape index (κ3) is 5.64. The molecule has 1 N–H and O–H groups in total. The van der Waals surface area contributed by atoms with Crippen molar-refractivity contribution >= 4 is 11.3 Å². The Hall–Kier alpha value is -0.380. The molecular weight excluding hydrogens is 254 g/mol. The first-order valence-electron chi connectivity index (χ1n) is 7.51. The number of aryl methyl sites for hydroxylation is 1. The standard InChI is InChI=1S/C16H27NOS/c1-12(2)9-17-10-16-8-15(13(3)19-16)11-18-7-6-14-4-5-14/h8,12,14,17H,4-7,9-11H2,1-3H3. The van der Waals surface area contributed by atoms with Gasteiger partial charge in [0.2, 0.25) is 0 Å². The van der Waals surface area contributed by atoms with Crippen molar-refractivity contribution in [2.75, 3.05) is 13.2 Å². The molecule has 1 fully saturated rings. The Kier molecular flexibility index (Phi) is 5.86. The second-order valence-electron chi connectivity index (χ2n) is 6.10. The SMILES string of the molecule is Cc1sc(CNCC(C)C)cc1COCCC1CC1. The maximum Gasteiger partial charge on any atom is 0.0727 e. The van der Waals surface area contributed by atoms with Gasteiger partial charge in [0, 0.05) is 22.9 Å². The van der Waals surface area contributed by atoms with E-state index in [0.717, 1.165) is 32.2 Å². The Morgan fingerprint density at radius 2 is 2.21 bits per heavy atom. The number of rotatable bonds is 9. The summed E-state index contributed by atoms with van der Waals surface area (Å²) in [4.78, 5) is 2.84. The molecular formula is C16H27NOS. The van der Waals surface area contributed by atoms with Crippen molar-refractivity contribution in [2.24, 2.45) is 11.8 Å². The average Bonchev–Trinajstić information content (AvgIpc) is 3.10. The van der Waals surface area contributed by atoms with Crippen LogP contribution >= 0.6 is 11.3 Å². The van der Waals surface area contributed by atoms with Crippen LogP contribution in [0.25, 0.3) is 0 Å². The van der Waals surface area contributed by atoms with E-state index in [1.807, 2.05) is 11.3 Å². The van der Waals surface area contributed by atoms with Gasteiger partial charge < -0.3 is 10.1 Å².